The van der Waals surface area contributed by atoms with Crippen LogP contribution >= 0.6 is 0 Å². The minimum atomic E-state index is -0.209. The Bertz CT molecular complexity index is 325. The van der Waals surface area contributed by atoms with Crippen molar-refractivity contribution in [2.24, 2.45) is 11.3 Å². The molecule has 1 aliphatic carbocycles. The van der Waals surface area contributed by atoms with Crippen molar-refractivity contribution in [3.63, 3.8) is 0 Å². The molecule has 1 aliphatic rings. The third kappa shape index (κ3) is 4.51. The highest BCUT2D eigenvalue weighted by Crippen LogP contribution is 2.41. The van der Waals surface area contributed by atoms with E-state index in [1.165, 1.54) is 13.5 Å². The SMILES string of the molecule is COC(=O)CCCN(C)C(=O)C1CCCCC1(C)C. The molecular formula is C15H27NO3. The Morgan fingerprint density at radius 1 is 1.32 bits per heavy atom. The lowest BCUT2D eigenvalue weighted by atomic mass is 9.68. The summed E-state index contributed by atoms with van der Waals surface area (Å²) in [6.45, 7) is 5.01. The number of methoxy groups -OCH3 is 1. The maximum atomic E-state index is 12.5. The highest BCUT2D eigenvalue weighted by Gasteiger charge is 2.38. The van der Waals surface area contributed by atoms with Crippen LogP contribution in [-0.4, -0.2) is 37.5 Å². The van der Waals surface area contributed by atoms with Crippen molar-refractivity contribution < 1.29 is 14.3 Å². The molecule has 1 saturated carbocycles. The molecular weight excluding hydrogens is 242 g/mol. The summed E-state index contributed by atoms with van der Waals surface area (Å²) in [4.78, 5) is 25.3. The summed E-state index contributed by atoms with van der Waals surface area (Å²) in [6, 6.07) is 0. The molecule has 0 radical (unpaired) electrons. The smallest absolute Gasteiger partial charge is 0.305 e. The fourth-order valence-electron chi connectivity index (χ4n) is 2.89. The molecule has 0 aromatic heterocycles. The second-order valence-corrected chi connectivity index (χ2v) is 6.23. The van der Waals surface area contributed by atoms with E-state index in [0.29, 0.717) is 19.4 Å². The quantitative estimate of drug-likeness (QED) is 0.721. The molecule has 4 heteroatoms. The van der Waals surface area contributed by atoms with Gasteiger partial charge in [0, 0.05) is 25.9 Å². The van der Waals surface area contributed by atoms with Crippen LogP contribution in [0.3, 0.4) is 0 Å². The standard InChI is InChI=1S/C15H27NO3/c1-15(2)10-6-5-8-12(15)14(18)16(3)11-7-9-13(17)19-4/h12H,5-11H2,1-4H3. The van der Waals surface area contributed by atoms with E-state index in [0.717, 1.165) is 19.3 Å². The normalized spacial score (nSPS) is 21.8. The largest absolute Gasteiger partial charge is 0.469 e. The van der Waals surface area contributed by atoms with Crippen LogP contribution in [0.15, 0.2) is 0 Å². The van der Waals surface area contributed by atoms with Gasteiger partial charge in [0.15, 0.2) is 0 Å². The van der Waals surface area contributed by atoms with Crippen molar-refractivity contribution in [1.29, 1.82) is 0 Å². The Balaban J connectivity index is 2.45. The Labute approximate surface area is 116 Å². The van der Waals surface area contributed by atoms with Gasteiger partial charge in [-0.15, -0.1) is 0 Å². The van der Waals surface area contributed by atoms with Crippen LogP contribution in [0, 0.1) is 11.3 Å². The van der Waals surface area contributed by atoms with Gasteiger partial charge >= 0.3 is 5.97 Å². The van der Waals surface area contributed by atoms with Crippen LogP contribution in [-0.2, 0) is 14.3 Å². The molecule has 0 aliphatic heterocycles. The van der Waals surface area contributed by atoms with Crippen molar-refractivity contribution in [1.82, 2.24) is 4.90 Å². The maximum absolute atomic E-state index is 12.5. The fourth-order valence-corrected chi connectivity index (χ4v) is 2.89. The molecule has 19 heavy (non-hydrogen) atoms. The third-order valence-corrected chi connectivity index (χ3v) is 4.28. The van der Waals surface area contributed by atoms with Crippen LogP contribution in [0.2, 0.25) is 0 Å². The Kier molecular flexibility index (Phi) is 5.83. The summed E-state index contributed by atoms with van der Waals surface area (Å²) >= 11 is 0. The number of carbonyl (C=O) groups excluding carboxylic acids is 2. The predicted molar refractivity (Wildman–Crippen MR) is 74.6 cm³/mol. The number of hydrogen-bond acceptors (Lipinski definition) is 3. The van der Waals surface area contributed by atoms with E-state index in [4.69, 9.17) is 0 Å². The van der Waals surface area contributed by atoms with E-state index in [-0.39, 0.29) is 23.2 Å². The maximum Gasteiger partial charge on any atom is 0.305 e. The minimum absolute atomic E-state index is 0.103. The molecule has 110 valence electrons. The Hall–Kier alpha value is -1.06. The minimum Gasteiger partial charge on any atom is -0.469 e. The first kappa shape index (κ1) is 16.0. The molecule has 1 amide bonds. The van der Waals surface area contributed by atoms with Crippen LogP contribution < -0.4 is 0 Å². The summed E-state index contributed by atoms with van der Waals surface area (Å²) in [6.07, 6.45) is 5.54. The molecule has 0 heterocycles. The lowest BCUT2D eigenvalue weighted by Crippen LogP contribution is -2.42. The summed E-state index contributed by atoms with van der Waals surface area (Å²) in [7, 11) is 3.23. The first-order valence-corrected chi connectivity index (χ1v) is 7.20. The molecule has 4 nitrogen and oxygen atoms in total. The molecule has 0 saturated heterocycles. The highest BCUT2D eigenvalue weighted by molar-refractivity contribution is 5.79. The lowest BCUT2D eigenvalue weighted by molar-refractivity contribution is -0.143. The van der Waals surface area contributed by atoms with Gasteiger partial charge in [-0.05, 0) is 24.7 Å². The number of amides is 1. The van der Waals surface area contributed by atoms with E-state index in [2.05, 4.69) is 18.6 Å². The molecule has 1 fully saturated rings. The average Bonchev–Trinajstić information content (AvgIpc) is 2.37. The molecule has 0 spiro atoms. The van der Waals surface area contributed by atoms with Crippen molar-refractivity contribution >= 4 is 11.9 Å². The van der Waals surface area contributed by atoms with E-state index < -0.39 is 0 Å². The number of carbonyl (C=O) groups is 2. The zero-order valence-electron chi connectivity index (χ0n) is 12.7. The topological polar surface area (TPSA) is 46.6 Å². The lowest BCUT2D eigenvalue weighted by Gasteiger charge is -2.39. The van der Waals surface area contributed by atoms with Gasteiger partial charge in [0.1, 0.15) is 0 Å². The number of rotatable bonds is 5. The van der Waals surface area contributed by atoms with Gasteiger partial charge in [-0.1, -0.05) is 26.7 Å². The molecule has 0 N–H and O–H groups in total. The van der Waals surface area contributed by atoms with Crippen molar-refractivity contribution in [2.75, 3.05) is 20.7 Å². The second kappa shape index (κ2) is 6.92. The van der Waals surface area contributed by atoms with E-state index in [1.807, 2.05) is 7.05 Å². The van der Waals surface area contributed by atoms with Gasteiger partial charge in [0.05, 0.1) is 7.11 Å². The van der Waals surface area contributed by atoms with Crippen molar-refractivity contribution in [3.8, 4) is 0 Å². The Morgan fingerprint density at radius 2 is 2.00 bits per heavy atom. The number of ether oxygens (including phenoxy) is 1. The second-order valence-electron chi connectivity index (χ2n) is 6.23. The zero-order chi connectivity index (χ0) is 14.5. The highest BCUT2D eigenvalue weighted by atomic mass is 16.5. The van der Waals surface area contributed by atoms with E-state index in [1.54, 1.807) is 4.90 Å². The van der Waals surface area contributed by atoms with Gasteiger partial charge in [-0.25, -0.2) is 0 Å². The number of nitrogens with zero attached hydrogens (tertiary/aromatic N) is 1. The van der Waals surface area contributed by atoms with Crippen LogP contribution in [0.1, 0.15) is 52.4 Å². The van der Waals surface area contributed by atoms with Gasteiger partial charge in [-0.2, -0.15) is 0 Å². The monoisotopic (exact) mass is 269 g/mol. The van der Waals surface area contributed by atoms with Gasteiger partial charge < -0.3 is 9.64 Å². The number of esters is 1. The van der Waals surface area contributed by atoms with Gasteiger partial charge in [0.2, 0.25) is 5.91 Å². The molecule has 0 bridgehead atoms. The first-order chi connectivity index (χ1) is 8.88. The molecule has 0 aromatic rings. The summed E-state index contributed by atoms with van der Waals surface area (Å²) in [5.74, 6) is 0.151. The Morgan fingerprint density at radius 3 is 2.58 bits per heavy atom. The van der Waals surface area contributed by atoms with E-state index >= 15 is 0 Å². The first-order valence-electron chi connectivity index (χ1n) is 7.20. The zero-order valence-corrected chi connectivity index (χ0v) is 12.7. The average molecular weight is 269 g/mol. The van der Waals surface area contributed by atoms with Crippen molar-refractivity contribution in [2.45, 2.75) is 52.4 Å². The fraction of sp³-hybridized carbons (Fsp3) is 0.867. The molecule has 0 aromatic carbocycles. The van der Waals surface area contributed by atoms with Crippen LogP contribution in [0.5, 0.6) is 0 Å². The predicted octanol–water partition coefficient (Wildman–Crippen LogP) is 2.61. The molecule has 1 rings (SSSR count). The summed E-state index contributed by atoms with van der Waals surface area (Å²) in [5.41, 5.74) is 0.103. The van der Waals surface area contributed by atoms with Crippen molar-refractivity contribution in [3.05, 3.63) is 0 Å². The summed E-state index contributed by atoms with van der Waals surface area (Å²) in [5, 5.41) is 0. The van der Waals surface area contributed by atoms with Gasteiger partial charge in [0.25, 0.3) is 0 Å². The summed E-state index contributed by atoms with van der Waals surface area (Å²) < 4.78 is 4.60. The van der Waals surface area contributed by atoms with Crippen LogP contribution in [0.25, 0.3) is 0 Å². The van der Waals surface area contributed by atoms with Gasteiger partial charge in [-0.3, -0.25) is 9.59 Å². The molecule has 1 atom stereocenters. The number of hydrogen-bond donors (Lipinski definition) is 0. The molecule has 1 unspecified atom stereocenters. The van der Waals surface area contributed by atoms with Crippen LogP contribution in [0.4, 0.5) is 0 Å². The van der Waals surface area contributed by atoms with E-state index in [9.17, 15) is 9.59 Å². The third-order valence-electron chi connectivity index (χ3n) is 4.28.